The van der Waals surface area contributed by atoms with Gasteiger partial charge in [0.1, 0.15) is 23.5 Å². The first-order valence-corrected chi connectivity index (χ1v) is 7.33. The minimum Gasteiger partial charge on any atom is -0.505 e. The smallest absolute Gasteiger partial charge is 0.197 e. The number of carbonyl (C=O) groups excluding carboxylic acids is 1. The van der Waals surface area contributed by atoms with Crippen LogP contribution in [-0.2, 0) is 6.42 Å². The standard InChI is InChI=1S/C19H12N2O3/c1-2-15-17(14-5-3-4-6-16(14)24-15)19(23)11-7-12(9-20)18(22)13(8-11)10-21/h3-8,22H,2H2,1H3. The Hall–Kier alpha value is -3.57. The fraction of sp³-hybridized carbons (Fsp3) is 0.105. The van der Waals surface area contributed by atoms with Gasteiger partial charge in [-0.1, -0.05) is 25.1 Å². The number of aryl methyl sites for hydroxylation is 1. The van der Waals surface area contributed by atoms with Gasteiger partial charge in [0.05, 0.1) is 16.7 Å². The summed E-state index contributed by atoms with van der Waals surface area (Å²) in [5.41, 5.74) is 0.984. The molecule has 0 saturated heterocycles. The minimum atomic E-state index is -0.413. The van der Waals surface area contributed by atoms with Crippen LogP contribution in [0.1, 0.15) is 39.7 Å². The van der Waals surface area contributed by atoms with Crippen molar-refractivity contribution in [1.29, 1.82) is 10.5 Å². The maximum Gasteiger partial charge on any atom is 0.197 e. The van der Waals surface area contributed by atoms with Gasteiger partial charge in [-0.25, -0.2) is 0 Å². The number of furan rings is 1. The summed E-state index contributed by atoms with van der Waals surface area (Å²) in [5.74, 6) is -0.208. The first-order chi connectivity index (χ1) is 11.6. The Morgan fingerprint density at radius 1 is 1.17 bits per heavy atom. The third-order valence-corrected chi connectivity index (χ3v) is 3.83. The van der Waals surface area contributed by atoms with Gasteiger partial charge in [-0.3, -0.25) is 4.79 Å². The highest BCUT2D eigenvalue weighted by Crippen LogP contribution is 2.30. The second-order valence-electron chi connectivity index (χ2n) is 5.22. The number of nitriles is 2. The van der Waals surface area contributed by atoms with Gasteiger partial charge in [0, 0.05) is 17.4 Å². The molecule has 0 aliphatic rings. The van der Waals surface area contributed by atoms with E-state index in [1.54, 1.807) is 24.3 Å². The summed E-state index contributed by atoms with van der Waals surface area (Å²) < 4.78 is 5.73. The van der Waals surface area contributed by atoms with E-state index in [0.717, 1.165) is 0 Å². The van der Waals surface area contributed by atoms with Crippen LogP contribution < -0.4 is 0 Å². The zero-order chi connectivity index (χ0) is 17.3. The maximum atomic E-state index is 13.0. The Morgan fingerprint density at radius 2 is 1.79 bits per heavy atom. The number of phenols is 1. The molecule has 0 radical (unpaired) electrons. The molecule has 0 bridgehead atoms. The van der Waals surface area contributed by atoms with E-state index in [1.165, 1.54) is 12.1 Å². The topological polar surface area (TPSA) is 98.0 Å². The fourth-order valence-electron chi connectivity index (χ4n) is 2.67. The molecule has 0 unspecified atom stereocenters. The zero-order valence-corrected chi connectivity index (χ0v) is 12.8. The molecule has 1 heterocycles. The molecule has 116 valence electrons. The Labute approximate surface area is 138 Å². The largest absolute Gasteiger partial charge is 0.505 e. The van der Waals surface area contributed by atoms with E-state index in [0.29, 0.717) is 28.7 Å². The quantitative estimate of drug-likeness (QED) is 0.743. The summed E-state index contributed by atoms with van der Waals surface area (Å²) in [6.07, 6.45) is 0.532. The van der Waals surface area contributed by atoms with Crippen molar-refractivity contribution in [2.45, 2.75) is 13.3 Å². The Morgan fingerprint density at radius 3 is 2.38 bits per heavy atom. The van der Waals surface area contributed by atoms with Crippen molar-refractivity contribution in [2.24, 2.45) is 0 Å². The van der Waals surface area contributed by atoms with Gasteiger partial charge in [-0.2, -0.15) is 10.5 Å². The maximum absolute atomic E-state index is 13.0. The summed E-state index contributed by atoms with van der Waals surface area (Å²) in [6.45, 7) is 1.88. The molecule has 1 N–H and O–H groups in total. The lowest BCUT2D eigenvalue weighted by Gasteiger charge is -2.05. The first-order valence-electron chi connectivity index (χ1n) is 7.33. The van der Waals surface area contributed by atoms with Crippen molar-refractivity contribution in [1.82, 2.24) is 0 Å². The first kappa shape index (κ1) is 15.3. The van der Waals surface area contributed by atoms with Gasteiger partial charge in [0.15, 0.2) is 11.5 Å². The molecule has 24 heavy (non-hydrogen) atoms. The van der Waals surface area contributed by atoms with Gasteiger partial charge >= 0.3 is 0 Å². The Balaban J connectivity index is 2.25. The Bertz CT molecular complexity index is 1010. The molecule has 0 spiro atoms. The van der Waals surface area contributed by atoms with Crippen LogP contribution in [0.25, 0.3) is 11.0 Å². The molecule has 5 nitrogen and oxygen atoms in total. The van der Waals surface area contributed by atoms with E-state index in [1.807, 2.05) is 19.1 Å². The van der Waals surface area contributed by atoms with Gasteiger partial charge in [-0.05, 0) is 18.2 Å². The summed E-state index contributed by atoms with van der Waals surface area (Å²) in [5, 5.41) is 28.7. The molecular formula is C19H12N2O3. The molecule has 0 aliphatic carbocycles. The molecule has 0 fully saturated rings. The number of fused-ring (bicyclic) bond motifs is 1. The van der Waals surface area contributed by atoms with E-state index in [9.17, 15) is 9.90 Å². The van der Waals surface area contributed by atoms with E-state index in [-0.39, 0.29) is 22.5 Å². The second-order valence-corrected chi connectivity index (χ2v) is 5.22. The summed E-state index contributed by atoms with van der Waals surface area (Å²) in [7, 11) is 0. The predicted octanol–water partition coefficient (Wildman–Crippen LogP) is 3.68. The van der Waals surface area contributed by atoms with Gasteiger partial charge in [0.25, 0.3) is 0 Å². The van der Waals surface area contributed by atoms with Crippen LogP contribution in [0.5, 0.6) is 5.75 Å². The van der Waals surface area contributed by atoms with Crippen molar-refractivity contribution in [3.8, 4) is 17.9 Å². The fourth-order valence-corrected chi connectivity index (χ4v) is 2.67. The van der Waals surface area contributed by atoms with Crippen LogP contribution in [0.4, 0.5) is 0 Å². The number of ketones is 1. The van der Waals surface area contributed by atoms with E-state index < -0.39 is 5.75 Å². The van der Waals surface area contributed by atoms with Crippen molar-refractivity contribution >= 4 is 16.8 Å². The normalized spacial score (nSPS) is 10.3. The summed E-state index contributed by atoms with van der Waals surface area (Å²) in [6, 6.07) is 13.4. The number of para-hydroxylation sites is 1. The Kier molecular flexibility index (Phi) is 3.77. The molecule has 3 aromatic rings. The van der Waals surface area contributed by atoms with Crippen molar-refractivity contribution in [2.75, 3.05) is 0 Å². The molecule has 1 aromatic heterocycles. The molecule has 0 atom stereocenters. The van der Waals surface area contributed by atoms with Crippen molar-refractivity contribution < 1.29 is 14.3 Å². The van der Waals surface area contributed by atoms with Gasteiger partial charge in [0.2, 0.25) is 0 Å². The van der Waals surface area contributed by atoms with Crippen LogP contribution >= 0.6 is 0 Å². The molecule has 0 aliphatic heterocycles. The predicted molar refractivity (Wildman–Crippen MR) is 86.6 cm³/mol. The lowest BCUT2D eigenvalue weighted by molar-refractivity contribution is 0.103. The van der Waals surface area contributed by atoms with Crippen LogP contribution in [0.15, 0.2) is 40.8 Å². The molecule has 3 rings (SSSR count). The zero-order valence-electron chi connectivity index (χ0n) is 12.8. The van der Waals surface area contributed by atoms with E-state index in [2.05, 4.69) is 0 Å². The molecule has 0 amide bonds. The highest BCUT2D eigenvalue weighted by molar-refractivity contribution is 6.17. The lowest BCUT2D eigenvalue weighted by Crippen LogP contribution is -2.05. The van der Waals surface area contributed by atoms with Crippen LogP contribution in [0, 0.1) is 22.7 Å². The highest BCUT2D eigenvalue weighted by atomic mass is 16.3. The highest BCUT2D eigenvalue weighted by Gasteiger charge is 2.23. The number of aromatic hydroxyl groups is 1. The van der Waals surface area contributed by atoms with Crippen LogP contribution in [-0.4, -0.2) is 10.9 Å². The van der Waals surface area contributed by atoms with Crippen LogP contribution in [0.3, 0.4) is 0 Å². The van der Waals surface area contributed by atoms with Crippen LogP contribution in [0.2, 0.25) is 0 Å². The van der Waals surface area contributed by atoms with E-state index >= 15 is 0 Å². The minimum absolute atomic E-state index is 0.108. The van der Waals surface area contributed by atoms with Gasteiger partial charge < -0.3 is 9.52 Å². The number of carbonyl (C=O) groups is 1. The number of benzene rings is 2. The molecule has 0 saturated carbocycles. The van der Waals surface area contributed by atoms with Crippen molar-refractivity contribution in [3.05, 3.63) is 64.4 Å². The number of nitrogens with zero attached hydrogens (tertiary/aromatic N) is 2. The summed E-state index contributed by atoms with van der Waals surface area (Å²) in [4.78, 5) is 13.0. The average Bonchev–Trinajstić information content (AvgIpc) is 2.99. The molecule has 2 aromatic carbocycles. The number of hydrogen-bond acceptors (Lipinski definition) is 5. The van der Waals surface area contributed by atoms with E-state index in [4.69, 9.17) is 14.9 Å². The SMILES string of the molecule is CCc1oc2ccccc2c1C(=O)c1cc(C#N)c(O)c(C#N)c1. The lowest BCUT2D eigenvalue weighted by atomic mass is 9.96. The monoisotopic (exact) mass is 316 g/mol. The molecule has 5 heteroatoms. The second kappa shape index (κ2) is 5.91. The number of phenolic OH excluding ortho intramolecular Hbond substituents is 1. The van der Waals surface area contributed by atoms with Gasteiger partial charge in [-0.15, -0.1) is 0 Å². The van der Waals surface area contributed by atoms with Crippen molar-refractivity contribution in [3.63, 3.8) is 0 Å². The number of hydrogen-bond donors (Lipinski definition) is 1. The third-order valence-electron chi connectivity index (χ3n) is 3.83. The molecular weight excluding hydrogens is 304 g/mol. The third kappa shape index (κ3) is 2.29. The average molecular weight is 316 g/mol. The number of rotatable bonds is 3. The summed E-state index contributed by atoms with van der Waals surface area (Å²) >= 11 is 0.